The fraction of sp³-hybridized carbons (Fsp3) is 0.500. The van der Waals surface area contributed by atoms with Gasteiger partial charge in [0.15, 0.2) is 0 Å². The van der Waals surface area contributed by atoms with E-state index in [4.69, 9.17) is 10.5 Å². The lowest BCUT2D eigenvalue weighted by Gasteiger charge is -2.27. The zero-order valence-electron chi connectivity index (χ0n) is 11.0. The Bertz CT molecular complexity index is 544. The topological polar surface area (TPSA) is 75.8 Å². The van der Waals surface area contributed by atoms with Crippen molar-refractivity contribution in [2.24, 2.45) is 5.73 Å². The number of carboxylic acids is 1. The number of carboxylic acid groups (broad SMARTS) is 1. The minimum atomic E-state index is -1.33. The largest absolute Gasteiger partial charge is 0.493 e. The molecular formula is C14H18N2O3. The maximum absolute atomic E-state index is 11.7. The summed E-state index contributed by atoms with van der Waals surface area (Å²) in [6.45, 7) is 1.41. The Balaban J connectivity index is 2.25. The van der Waals surface area contributed by atoms with Crippen molar-refractivity contribution in [1.82, 2.24) is 0 Å². The van der Waals surface area contributed by atoms with Gasteiger partial charge in [-0.15, -0.1) is 0 Å². The van der Waals surface area contributed by atoms with Crippen molar-refractivity contribution in [2.45, 2.75) is 24.8 Å². The molecule has 1 atom stereocenters. The fourth-order valence-electron chi connectivity index (χ4n) is 3.11. The molecular weight excluding hydrogens is 244 g/mol. The smallest absolute Gasteiger partial charge is 0.328 e. The van der Waals surface area contributed by atoms with Crippen LogP contribution in [0.25, 0.3) is 0 Å². The van der Waals surface area contributed by atoms with Crippen LogP contribution in [0.5, 0.6) is 5.75 Å². The molecule has 0 bridgehead atoms. The Kier molecular flexibility index (Phi) is 2.67. The van der Waals surface area contributed by atoms with E-state index in [1.54, 1.807) is 0 Å². The third-order valence-corrected chi connectivity index (χ3v) is 4.16. The minimum absolute atomic E-state index is 0.412. The Morgan fingerprint density at radius 1 is 1.53 bits per heavy atom. The maximum Gasteiger partial charge on any atom is 0.328 e. The number of anilines is 1. The van der Waals surface area contributed by atoms with Crippen LogP contribution in [0.3, 0.4) is 0 Å². The summed E-state index contributed by atoms with van der Waals surface area (Å²) in [6.07, 6.45) is 1.89. The summed E-state index contributed by atoms with van der Waals surface area (Å²) in [4.78, 5) is 13.8. The number of aliphatic carboxylic acids is 1. The van der Waals surface area contributed by atoms with Crippen LogP contribution in [0.15, 0.2) is 12.1 Å². The molecule has 1 aromatic rings. The van der Waals surface area contributed by atoms with Crippen molar-refractivity contribution < 1.29 is 14.6 Å². The van der Waals surface area contributed by atoms with Gasteiger partial charge in [0.1, 0.15) is 11.3 Å². The van der Waals surface area contributed by atoms with Gasteiger partial charge in [-0.2, -0.15) is 0 Å². The summed E-state index contributed by atoms with van der Waals surface area (Å²) >= 11 is 0. The van der Waals surface area contributed by atoms with Gasteiger partial charge in [0.25, 0.3) is 0 Å². The molecule has 2 heterocycles. The number of ether oxygens (including phenoxy) is 1. The number of carbonyl (C=O) groups is 1. The molecule has 102 valence electrons. The highest BCUT2D eigenvalue weighted by atomic mass is 16.5. The third-order valence-electron chi connectivity index (χ3n) is 4.16. The van der Waals surface area contributed by atoms with E-state index in [2.05, 4.69) is 4.90 Å². The van der Waals surface area contributed by atoms with Gasteiger partial charge in [0, 0.05) is 24.8 Å². The summed E-state index contributed by atoms with van der Waals surface area (Å²) in [6, 6.07) is 3.85. The van der Waals surface area contributed by atoms with Gasteiger partial charge >= 0.3 is 5.97 Å². The van der Waals surface area contributed by atoms with E-state index in [9.17, 15) is 9.90 Å². The highest BCUT2D eigenvalue weighted by molar-refractivity contribution is 5.84. The van der Waals surface area contributed by atoms with Crippen LogP contribution in [0, 0.1) is 0 Å². The van der Waals surface area contributed by atoms with Crippen molar-refractivity contribution in [3.8, 4) is 5.75 Å². The predicted octanol–water partition coefficient (Wildman–Crippen LogP) is 1.09. The molecule has 0 fully saturated rings. The molecule has 0 aromatic heterocycles. The van der Waals surface area contributed by atoms with Crippen LogP contribution in [-0.4, -0.2) is 31.3 Å². The molecule has 0 aliphatic carbocycles. The van der Waals surface area contributed by atoms with Crippen molar-refractivity contribution in [2.75, 3.05) is 25.1 Å². The number of likely N-dealkylation sites (N-methyl/N-ethyl adjacent to an activating group) is 1. The van der Waals surface area contributed by atoms with E-state index in [-0.39, 0.29) is 0 Å². The number of benzene rings is 1. The standard InChI is InChI=1S/C14H18N2O3/c1-16-7-5-9-10(16)3-4-11-12(9)14(15,13(17)18)6-2-8-19-11/h3-4H,2,5-8,15H2,1H3,(H,17,18). The van der Waals surface area contributed by atoms with Crippen molar-refractivity contribution in [3.05, 3.63) is 23.3 Å². The molecule has 5 nitrogen and oxygen atoms in total. The summed E-state index contributed by atoms with van der Waals surface area (Å²) < 4.78 is 5.69. The van der Waals surface area contributed by atoms with Crippen LogP contribution >= 0.6 is 0 Å². The quantitative estimate of drug-likeness (QED) is 0.792. The highest BCUT2D eigenvalue weighted by Gasteiger charge is 2.43. The highest BCUT2D eigenvalue weighted by Crippen LogP contribution is 2.43. The van der Waals surface area contributed by atoms with Crippen LogP contribution < -0.4 is 15.4 Å². The predicted molar refractivity (Wildman–Crippen MR) is 71.6 cm³/mol. The lowest BCUT2D eigenvalue weighted by atomic mass is 9.82. The number of rotatable bonds is 1. The number of nitrogens with two attached hydrogens (primary N) is 1. The Morgan fingerprint density at radius 2 is 2.32 bits per heavy atom. The second-order valence-electron chi connectivity index (χ2n) is 5.34. The monoisotopic (exact) mass is 262 g/mol. The second-order valence-corrected chi connectivity index (χ2v) is 5.34. The molecule has 0 radical (unpaired) electrons. The number of fused-ring (bicyclic) bond motifs is 3. The van der Waals surface area contributed by atoms with E-state index >= 15 is 0 Å². The molecule has 3 N–H and O–H groups in total. The molecule has 2 aliphatic rings. The lowest BCUT2D eigenvalue weighted by molar-refractivity contribution is -0.144. The molecule has 19 heavy (non-hydrogen) atoms. The molecule has 2 aliphatic heterocycles. The molecule has 0 amide bonds. The van der Waals surface area contributed by atoms with E-state index in [1.807, 2.05) is 19.2 Å². The third kappa shape index (κ3) is 1.69. The molecule has 0 saturated heterocycles. The molecule has 1 unspecified atom stereocenters. The summed E-state index contributed by atoms with van der Waals surface area (Å²) in [5.41, 5.74) is 7.69. The van der Waals surface area contributed by atoms with E-state index in [0.717, 1.165) is 24.2 Å². The van der Waals surface area contributed by atoms with E-state index < -0.39 is 11.5 Å². The van der Waals surface area contributed by atoms with Crippen LogP contribution in [-0.2, 0) is 16.8 Å². The van der Waals surface area contributed by atoms with E-state index in [1.165, 1.54) is 0 Å². The number of hydrogen-bond acceptors (Lipinski definition) is 4. The van der Waals surface area contributed by atoms with Gasteiger partial charge < -0.3 is 20.5 Å². The minimum Gasteiger partial charge on any atom is -0.493 e. The molecule has 1 aromatic carbocycles. The zero-order valence-corrected chi connectivity index (χ0v) is 11.0. The van der Waals surface area contributed by atoms with Crippen molar-refractivity contribution >= 4 is 11.7 Å². The lowest BCUT2D eigenvalue weighted by Crippen LogP contribution is -2.45. The Labute approximate surface area is 112 Å². The first-order chi connectivity index (χ1) is 9.04. The average Bonchev–Trinajstić information content (AvgIpc) is 2.65. The first kappa shape index (κ1) is 12.3. The second kappa shape index (κ2) is 4.13. The van der Waals surface area contributed by atoms with Crippen LogP contribution in [0.4, 0.5) is 5.69 Å². The van der Waals surface area contributed by atoms with Gasteiger partial charge in [-0.3, -0.25) is 0 Å². The van der Waals surface area contributed by atoms with Gasteiger partial charge in [-0.25, -0.2) is 4.79 Å². The number of nitrogens with zero attached hydrogens (tertiary/aromatic N) is 1. The number of hydrogen-bond donors (Lipinski definition) is 2. The molecule has 0 saturated carbocycles. The summed E-state index contributed by atoms with van der Waals surface area (Å²) in [5.74, 6) is -0.335. The van der Waals surface area contributed by atoms with Gasteiger partial charge in [0.05, 0.1) is 6.61 Å². The van der Waals surface area contributed by atoms with Crippen molar-refractivity contribution in [3.63, 3.8) is 0 Å². The first-order valence-corrected chi connectivity index (χ1v) is 6.56. The molecule has 0 spiro atoms. The normalized spacial score (nSPS) is 25.3. The van der Waals surface area contributed by atoms with Gasteiger partial charge in [-0.05, 0) is 37.0 Å². The molecule has 5 heteroatoms. The Hall–Kier alpha value is -1.75. The van der Waals surface area contributed by atoms with Gasteiger partial charge in [0.2, 0.25) is 0 Å². The SMILES string of the molecule is CN1CCc2c1ccc1c2C(N)(C(=O)O)CCCO1. The van der Waals surface area contributed by atoms with Crippen LogP contribution in [0.2, 0.25) is 0 Å². The average molecular weight is 262 g/mol. The van der Waals surface area contributed by atoms with Crippen LogP contribution in [0.1, 0.15) is 24.0 Å². The Morgan fingerprint density at radius 3 is 3.05 bits per heavy atom. The first-order valence-electron chi connectivity index (χ1n) is 6.56. The molecule has 3 rings (SSSR count). The van der Waals surface area contributed by atoms with Crippen molar-refractivity contribution in [1.29, 1.82) is 0 Å². The fourth-order valence-corrected chi connectivity index (χ4v) is 3.11. The summed E-state index contributed by atoms with van der Waals surface area (Å²) in [5, 5.41) is 9.57. The maximum atomic E-state index is 11.7. The zero-order chi connectivity index (χ0) is 13.6. The van der Waals surface area contributed by atoms with Gasteiger partial charge in [-0.1, -0.05) is 0 Å². The van der Waals surface area contributed by atoms with E-state index in [0.29, 0.717) is 30.8 Å². The summed E-state index contributed by atoms with van der Waals surface area (Å²) in [7, 11) is 2.01.